The van der Waals surface area contributed by atoms with Crippen molar-refractivity contribution in [3.63, 3.8) is 0 Å². The summed E-state index contributed by atoms with van der Waals surface area (Å²) in [6.07, 6.45) is 6.35. The van der Waals surface area contributed by atoms with Crippen LogP contribution < -0.4 is 15.8 Å². The topological polar surface area (TPSA) is 94.3 Å². The van der Waals surface area contributed by atoms with E-state index in [2.05, 4.69) is 10.3 Å². The number of nitrogens with zero attached hydrogens (tertiary/aromatic N) is 1. The smallest absolute Gasteiger partial charge is 0.227 e. The second kappa shape index (κ2) is 10.0. The molecule has 0 unspecified atom stereocenters. The van der Waals surface area contributed by atoms with E-state index < -0.39 is 0 Å². The summed E-state index contributed by atoms with van der Waals surface area (Å²) >= 11 is 1.47. The number of carbonyl (C=O) groups is 2. The second-order valence-corrected chi connectivity index (χ2v) is 8.01. The summed E-state index contributed by atoms with van der Waals surface area (Å²) in [6.45, 7) is 0. The van der Waals surface area contributed by atoms with E-state index in [0.29, 0.717) is 10.7 Å². The number of nitrogens with two attached hydrogens (primary N) is 1. The van der Waals surface area contributed by atoms with Gasteiger partial charge < -0.3 is 15.8 Å². The van der Waals surface area contributed by atoms with E-state index in [-0.39, 0.29) is 11.8 Å². The molecule has 4 rings (SSSR count). The van der Waals surface area contributed by atoms with Gasteiger partial charge in [-0.1, -0.05) is 30.6 Å². The van der Waals surface area contributed by atoms with Crippen molar-refractivity contribution in [3.05, 3.63) is 48.0 Å². The number of fused-ring (bicyclic) bond motifs is 1. The molecule has 1 aliphatic rings. The third-order valence-corrected chi connectivity index (χ3v) is 5.75. The number of aromatic nitrogens is 1. The van der Waals surface area contributed by atoms with Crippen molar-refractivity contribution in [1.29, 1.82) is 0 Å². The molecule has 152 valence electrons. The normalized spacial score (nSPS) is 14.0. The van der Waals surface area contributed by atoms with Crippen molar-refractivity contribution in [3.8, 4) is 5.75 Å². The maximum absolute atomic E-state index is 11.9. The van der Waals surface area contributed by atoms with E-state index >= 15 is 0 Å². The molecular formula is C22H25N3O3S. The molecule has 7 heteroatoms. The van der Waals surface area contributed by atoms with Gasteiger partial charge in [0.2, 0.25) is 5.91 Å². The van der Waals surface area contributed by atoms with Crippen LogP contribution in [0.4, 0.5) is 10.8 Å². The molecule has 0 atom stereocenters. The molecule has 1 aliphatic carbocycles. The van der Waals surface area contributed by atoms with Crippen molar-refractivity contribution < 1.29 is 14.3 Å². The number of rotatable bonds is 4. The summed E-state index contributed by atoms with van der Waals surface area (Å²) in [6, 6.07) is 12.7. The quantitative estimate of drug-likeness (QED) is 0.595. The fourth-order valence-electron chi connectivity index (χ4n) is 3.30. The lowest BCUT2D eigenvalue weighted by Crippen LogP contribution is -2.24. The third kappa shape index (κ3) is 5.77. The van der Waals surface area contributed by atoms with Crippen LogP contribution in [0, 0.1) is 5.92 Å². The fraction of sp³-hybridized carbons (Fsp3) is 0.318. The first-order chi connectivity index (χ1) is 14.1. The number of hydrogen-bond donors (Lipinski definition) is 2. The molecule has 2 aromatic carbocycles. The first-order valence-corrected chi connectivity index (χ1v) is 10.5. The summed E-state index contributed by atoms with van der Waals surface area (Å²) in [5.41, 5.74) is 7.87. The number of methoxy groups -OCH3 is 1. The molecule has 29 heavy (non-hydrogen) atoms. The monoisotopic (exact) mass is 411 g/mol. The average molecular weight is 412 g/mol. The minimum atomic E-state index is 0.114. The highest BCUT2D eigenvalue weighted by atomic mass is 32.1. The van der Waals surface area contributed by atoms with Crippen LogP contribution in [0.2, 0.25) is 0 Å². The number of ether oxygens (including phenoxy) is 1. The van der Waals surface area contributed by atoms with Crippen LogP contribution in [0.25, 0.3) is 10.2 Å². The number of hydrogen-bond acceptors (Lipinski definition) is 6. The van der Waals surface area contributed by atoms with Crippen LogP contribution in [0.3, 0.4) is 0 Å². The van der Waals surface area contributed by atoms with E-state index in [1.807, 2.05) is 18.2 Å². The molecule has 0 saturated heterocycles. The molecule has 3 N–H and O–H groups in total. The molecular weight excluding hydrogens is 386 g/mol. The average Bonchev–Trinajstić information content (AvgIpc) is 3.14. The van der Waals surface area contributed by atoms with Crippen LogP contribution in [0.5, 0.6) is 5.75 Å². The summed E-state index contributed by atoms with van der Waals surface area (Å²) < 4.78 is 6.13. The first-order valence-electron chi connectivity index (χ1n) is 9.65. The largest absolute Gasteiger partial charge is 0.497 e. The van der Waals surface area contributed by atoms with Gasteiger partial charge >= 0.3 is 0 Å². The lowest BCUT2D eigenvalue weighted by Gasteiger charge is -2.20. The van der Waals surface area contributed by atoms with Gasteiger partial charge in [-0.2, -0.15) is 0 Å². The Morgan fingerprint density at radius 1 is 1.17 bits per heavy atom. The van der Waals surface area contributed by atoms with Gasteiger partial charge in [-0.15, -0.1) is 0 Å². The molecule has 1 aromatic heterocycles. The van der Waals surface area contributed by atoms with Crippen molar-refractivity contribution >= 4 is 44.6 Å². The Labute approximate surface area is 174 Å². The zero-order valence-corrected chi connectivity index (χ0v) is 17.2. The van der Waals surface area contributed by atoms with Crippen LogP contribution in [-0.2, 0) is 4.79 Å². The molecule has 0 bridgehead atoms. The number of benzene rings is 2. The Balaban J connectivity index is 0.000000176. The van der Waals surface area contributed by atoms with Crippen molar-refractivity contribution in [2.75, 3.05) is 18.2 Å². The number of thiazole rings is 1. The van der Waals surface area contributed by atoms with Crippen LogP contribution in [-0.4, -0.2) is 24.3 Å². The van der Waals surface area contributed by atoms with Gasteiger partial charge in [0.15, 0.2) is 5.13 Å². The summed E-state index contributed by atoms with van der Waals surface area (Å²) in [4.78, 5) is 26.6. The first kappa shape index (κ1) is 20.8. The number of nitrogen functional groups attached to an aromatic ring is 1. The van der Waals surface area contributed by atoms with E-state index in [1.54, 1.807) is 31.4 Å². The Morgan fingerprint density at radius 2 is 1.90 bits per heavy atom. The fourth-order valence-corrected chi connectivity index (χ4v) is 4.07. The zero-order valence-electron chi connectivity index (χ0n) is 16.4. The number of nitrogens with one attached hydrogen (secondary N) is 1. The van der Waals surface area contributed by atoms with Crippen molar-refractivity contribution in [1.82, 2.24) is 4.98 Å². The number of carbonyl (C=O) groups excluding carboxylic acids is 2. The molecule has 1 fully saturated rings. The number of aldehydes is 1. The Bertz CT molecular complexity index is 963. The summed E-state index contributed by atoms with van der Waals surface area (Å²) in [5, 5.41) is 3.50. The van der Waals surface area contributed by atoms with Gasteiger partial charge in [0.1, 0.15) is 12.0 Å². The minimum Gasteiger partial charge on any atom is -0.497 e. The van der Waals surface area contributed by atoms with Gasteiger partial charge in [-0.3, -0.25) is 9.59 Å². The predicted octanol–water partition coefficient (Wildman–Crippen LogP) is 4.91. The van der Waals surface area contributed by atoms with Crippen molar-refractivity contribution in [2.45, 2.75) is 32.1 Å². The third-order valence-electron chi connectivity index (χ3n) is 4.90. The Hall–Kier alpha value is -2.93. The second-order valence-electron chi connectivity index (χ2n) is 6.95. The van der Waals surface area contributed by atoms with Gasteiger partial charge in [0, 0.05) is 17.2 Å². The van der Waals surface area contributed by atoms with Crippen LogP contribution in [0.15, 0.2) is 42.5 Å². The van der Waals surface area contributed by atoms with E-state index in [0.717, 1.165) is 53.6 Å². The highest BCUT2D eigenvalue weighted by Crippen LogP contribution is 2.27. The zero-order chi connectivity index (χ0) is 20.6. The lowest BCUT2D eigenvalue weighted by molar-refractivity contribution is -0.120. The van der Waals surface area contributed by atoms with E-state index in [9.17, 15) is 9.59 Å². The van der Waals surface area contributed by atoms with Gasteiger partial charge in [-0.25, -0.2) is 4.98 Å². The Kier molecular flexibility index (Phi) is 7.19. The van der Waals surface area contributed by atoms with Crippen molar-refractivity contribution in [2.24, 2.45) is 5.92 Å². The molecule has 1 amide bonds. The summed E-state index contributed by atoms with van der Waals surface area (Å²) in [5.74, 6) is 1.12. The SMILES string of the molecule is COc1ccc2nc(N)sc2c1.O=Cc1ccc(NC(=O)C2CCCCC2)cc1. The highest BCUT2D eigenvalue weighted by molar-refractivity contribution is 7.22. The van der Waals surface area contributed by atoms with Crippen LogP contribution in [0.1, 0.15) is 42.5 Å². The van der Waals surface area contributed by atoms with Gasteiger partial charge in [-0.05, 0) is 55.3 Å². The molecule has 0 spiro atoms. The minimum absolute atomic E-state index is 0.114. The summed E-state index contributed by atoms with van der Waals surface area (Å²) in [7, 11) is 1.64. The van der Waals surface area contributed by atoms with Gasteiger partial charge in [0.05, 0.1) is 17.3 Å². The standard InChI is InChI=1S/C14H17NO2.C8H8N2OS/c16-10-11-6-8-13(9-7-11)15-14(17)12-4-2-1-3-5-12;1-11-5-2-3-6-7(4-5)12-8(9)10-6/h6-10,12H,1-5H2,(H,15,17);2-4H,1H3,(H2,9,10). The predicted molar refractivity (Wildman–Crippen MR) is 118 cm³/mol. The molecule has 3 aromatic rings. The van der Waals surface area contributed by atoms with E-state index in [4.69, 9.17) is 10.5 Å². The molecule has 1 heterocycles. The number of anilines is 2. The maximum Gasteiger partial charge on any atom is 0.227 e. The van der Waals surface area contributed by atoms with Gasteiger partial charge in [0.25, 0.3) is 0 Å². The highest BCUT2D eigenvalue weighted by Gasteiger charge is 2.20. The maximum atomic E-state index is 11.9. The molecule has 0 aliphatic heterocycles. The van der Waals surface area contributed by atoms with E-state index in [1.165, 1.54) is 17.8 Å². The Morgan fingerprint density at radius 3 is 2.55 bits per heavy atom. The molecule has 1 saturated carbocycles. The number of amides is 1. The lowest BCUT2D eigenvalue weighted by atomic mass is 9.88. The molecule has 0 radical (unpaired) electrons. The molecule has 6 nitrogen and oxygen atoms in total. The van der Waals surface area contributed by atoms with Crippen LogP contribution >= 0.6 is 11.3 Å².